The highest BCUT2D eigenvalue weighted by Gasteiger charge is 2.12. The molecule has 0 saturated carbocycles. The van der Waals surface area contributed by atoms with Crippen molar-refractivity contribution >= 4 is 22.6 Å². The van der Waals surface area contributed by atoms with E-state index >= 15 is 0 Å². The molecular formula is C25H25ClN2O. The van der Waals surface area contributed by atoms with Crippen LogP contribution in [0.3, 0.4) is 0 Å². The van der Waals surface area contributed by atoms with Crippen LogP contribution in [-0.4, -0.2) is 16.2 Å². The summed E-state index contributed by atoms with van der Waals surface area (Å²) >= 11 is 6.03. The van der Waals surface area contributed by atoms with Gasteiger partial charge in [0.05, 0.1) is 17.6 Å². The molecule has 29 heavy (non-hydrogen) atoms. The Morgan fingerprint density at radius 1 is 0.931 bits per heavy atom. The minimum absolute atomic E-state index is 0.431. The fourth-order valence-corrected chi connectivity index (χ4v) is 3.76. The summed E-state index contributed by atoms with van der Waals surface area (Å²) in [6.45, 7) is 5.72. The summed E-state index contributed by atoms with van der Waals surface area (Å²) in [5.74, 6) is 2.43. The number of imidazole rings is 1. The van der Waals surface area contributed by atoms with E-state index in [9.17, 15) is 0 Å². The second-order valence-corrected chi connectivity index (χ2v) is 7.95. The third-order valence-electron chi connectivity index (χ3n) is 5.12. The second kappa shape index (κ2) is 8.71. The molecule has 4 rings (SSSR count). The van der Waals surface area contributed by atoms with Crippen LogP contribution in [0.1, 0.15) is 36.7 Å². The number of benzene rings is 3. The highest BCUT2D eigenvalue weighted by atomic mass is 35.5. The van der Waals surface area contributed by atoms with Gasteiger partial charge in [0.2, 0.25) is 0 Å². The molecule has 4 aromatic rings. The molecule has 0 N–H and O–H groups in total. The number of para-hydroxylation sites is 3. The largest absolute Gasteiger partial charge is 0.491 e. The van der Waals surface area contributed by atoms with Crippen LogP contribution in [-0.2, 0) is 13.0 Å². The van der Waals surface area contributed by atoms with Gasteiger partial charge in [0.25, 0.3) is 0 Å². The Morgan fingerprint density at radius 3 is 2.45 bits per heavy atom. The van der Waals surface area contributed by atoms with Gasteiger partial charge in [-0.2, -0.15) is 0 Å². The van der Waals surface area contributed by atoms with E-state index in [2.05, 4.69) is 66.9 Å². The molecule has 0 aliphatic carbocycles. The predicted molar refractivity (Wildman–Crippen MR) is 120 cm³/mol. The van der Waals surface area contributed by atoms with E-state index in [1.165, 1.54) is 11.1 Å². The Kier molecular flexibility index (Phi) is 5.86. The first-order valence-corrected chi connectivity index (χ1v) is 10.4. The molecule has 0 unspecified atom stereocenters. The molecule has 0 fully saturated rings. The zero-order valence-electron chi connectivity index (χ0n) is 16.8. The number of halogens is 1. The molecule has 0 aliphatic heterocycles. The average Bonchev–Trinajstić information content (AvgIpc) is 3.07. The number of ether oxygens (including phenoxy) is 1. The summed E-state index contributed by atoms with van der Waals surface area (Å²) in [5, 5.41) is 0.750. The van der Waals surface area contributed by atoms with Gasteiger partial charge < -0.3 is 9.30 Å². The lowest BCUT2D eigenvalue weighted by Crippen LogP contribution is -2.12. The van der Waals surface area contributed by atoms with Crippen LogP contribution >= 0.6 is 11.6 Å². The molecule has 0 amide bonds. The molecule has 0 bridgehead atoms. The van der Waals surface area contributed by atoms with Crippen LogP contribution in [0.25, 0.3) is 11.0 Å². The van der Waals surface area contributed by atoms with Gasteiger partial charge >= 0.3 is 0 Å². The summed E-state index contributed by atoms with van der Waals surface area (Å²) < 4.78 is 8.44. The molecule has 0 atom stereocenters. The number of aromatic nitrogens is 2. The van der Waals surface area contributed by atoms with Gasteiger partial charge in [0.1, 0.15) is 18.2 Å². The average molecular weight is 405 g/mol. The Balaban J connectivity index is 1.57. The van der Waals surface area contributed by atoms with Crippen molar-refractivity contribution in [1.82, 2.24) is 9.55 Å². The molecule has 0 saturated heterocycles. The van der Waals surface area contributed by atoms with E-state index in [0.29, 0.717) is 12.5 Å². The molecule has 4 heteroatoms. The Hall–Kier alpha value is -2.78. The lowest BCUT2D eigenvalue weighted by atomic mass is 10.0. The standard InChI is InChI=1S/C25H25ClN2O/c1-18(2)21-7-3-6-10-24(21)29-16-15-28-23-9-5-4-8-22(23)27-25(28)17-19-11-13-20(26)14-12-19/h3-14,18H,15-17H2,1-2H3. The smallest absolute Gasteiger partial charge is 0.122 e. The van der Waals surface area contributed by atoms with Crippen molar-refractivity contribution in [2.24, 2.45) is 0 Å². The maximum Gasteiger partial charge on any atom is 0.122 e. The van der Waals surface area contributed by atoms with Gasteiger partial charge in [-0.1, -0.05) is 67.9 Å². The SMILES string of the molecule is CC(C)c1ccccc1OCCn1c(Cc2ccc(Cl)cc2)nc2ccccc21. The number of hydrogen-bond acceptors (Lipinski definition) is 2. The maximum atomic E-state index is 6.18. The molecule has 0 spiro atoms. The second-order valence-electron chi connectivity index (χ2n) is 7.51. The van der Waals surface area contributed by atoms with Gasteiger partial charge in [-0.05, 0) is 47.4 Å². The van der Waals surface area contributed by atoms with Gasteiger partial charge in [0, 0.05) is 11.4 Å². The lowest BCUT2D eigenvalue weighted by Gasteiger charge is -2.15. The molecule has 3 aromatic carbocycles. The van der Waals surface area contributed by atoms with Gasteiger partial charge in [-0.25, -0.2) is 4.98 Å². The predicted octanol–water partition coefficient (Wildman–Crippen LogP) is 6.48. The monoisotopic (exact) mass is 404 g/mol. The molecular weight excluding hydrogens is 380 g/mol. The van der Waals surface area contributed by atoms with Crippen LogP contribution in [0.2, 0.25) is 5.02 Å². The quantitative estimate of drug-likeness (QED) is 0.352. The topological polar surface area (TPSA) is 27.1 Å². The molecule has 0 radical (unpaired) electrons. The Morgan fingerprint density at radius 2 is 1.66 bits per heavy atom. The molecule has 0 aliphatic rings. The third kappa shape index (κ3) is 4.46. The fourth-order valence-electron chi connectivity index (χ4n) is 3.63. The van der Waals surface area contributed by atoms with Gasteiger partial charge in [-0.3, -0.25) is 0 Å². The van der Waals surface area contributed by atoms with E-state index in [4.69, 9.17) is 21.3 Å². The summed E-state index contributed by atoms with van der Waals surface area (Å²) in [7, 11) is 0. The summed E-state index contributed by atoms with van der Waals surface area (Å²) in [4.78, 5) is 4.88. The Labute approximate surface area is 176 Å². The van der Waals surface area contributed by atoms with Crippen LogP contribution in [0.4, 0.5) is 0 Å². The first kappa shape index (κ1) is 19.5. The van der Waals surface area contributed by atoms with Crippen molar-refractivity contribution in [1.29, 1.82) is 0 Å². The molecule has 148 valence electrons. The van der Waals surface area contributed by atoms with E-state index in [0.717, 1.165) is 40.6 Å². The zero-order chi connectivity index (χ0) is 20.2. The van der Waals surface area contributed by atoms with Crippen molar-refractivity contribution in [3.63, 3.8) is 0 Å². The lowest BCUT2D eigenvalue weighted by molar-refractivity contribution is 0.294. The van der Waals surface area contributed by atoms with Crippen LogP contribution in [0.15, 0.2) is 72.8 Å². The fraction of sp³-hybridized carbons (Fsp3) is 0.240. The highest BCUT2D eigenvalue weighted by Crippen LogP contribution is 2.26. The summed E-state index contributed by atoms with van der Waals surface area (Å²) in [6.07, 6.45) is 0.758. The van der Waals surface area contributed by atoms with E-state index in [1.807, 2.05) is 24.3 Å². The Bertz CT molecular complexity index is 1100. The first-order valence-electron chi connectivity index (χ1n) is 10.0. The van der Waals surface area contributed by atoms with Crippen LogP contribution < -0.4 is 4.74 Å². The van der Waals surface area contributed by atoms with E-state index in [1.54, 1.807) is 0 Å². The van der Waals surface area contributed by atoms with E-state index in [-0.39, 0.29) is 0 Å². The minimum atomic E-state index is 0.431. The molecule has 3 nitrogen and oxygen atoms in total. The van der Waals surface area contributed by atoms with Crippen molar-refractivity contribution < 1.29 is 4.74 Å². The third-order valence-corrected chi connectivity index (χ3v) is 5.37. The molecule has 1 heterocycles. The van der Waals surface area contributed by atoms with Crippen molar-refractivity contribution in [2.75, 3.05) is 6.61 Å². The number of nitrogens with zero attached hydrogens (tertiary/aromatic N) is 2. The van der Waals surface area contributed by atoms with Crippen LogP contribution in [0.5, 0.6) is 5.75 Å². The number of fused-ring (bicyclic) bond motifs is 1. The van der Waals surface area contributed by atoms with Crippen LogP contribution in [0, 0.1) is 0 Å². The first-order chi connectivity index (χ1) is 14.1. The maximum absolute atomic E-state index is 6.18. The van der Waals surface area contributed by atoms with Crippen molar-refractivity contribution in [2.45, 2.75) is 32.7 Å². The molecule has 1 aromatic heterocycles. The van der Waals surface area contributed by atoms with Crippen molar-refractivity contribution in [3.8, 4) is 5.75 Å². The zero-order valence-corrected chi connectivity index (χ0v) is 17.6. The normalized spacial score (nSPS) is 11.3. The highest BCUT2D eigenvalue weighted by molar-refractivity contribution is 6.30. The van der Waals surface area contributed by atoms with Gasteiger partial charge in [-0.15, -0.1) is 0 Å². The van der Waals surface area contributed by atoms with E-state index < -0.39 is 0 Å². The van der Waals surface area contributed by atoms with Crippen molar-refractivity contribution in [3.05, 3.63) is 94.8 Å². The number of hydrogen-bond donors (Lipinski definition) is 0. The minimum Gasteiger partial charge on any atom is -0.491 e. The summed E-state index contributed by atoms with van der Waals surface area (Å²) in [5.41, 5.74) is 4.58. The number of rotatable bonds is 7. The van der Waals surface area contributed by atoms with Gasteiger partial charge in [0.15, 0.2) is 0 Å². The summed E-state index contributed by atoms with van der Waals surface area (Å²) in [6, 6.07) is 24.5.